The molecule has 160 valence electrons. The van der Waals surface area contributed by atoms with E-state index in [1.54, 1.807) is 18.3 Å². The summed E-state index contributed by atoms with van der Waals surface area (Å²) in [5, 5.41) is 11.5. The number of nitro benzene ring substituents is 1. The molecule has 0 aliphatic heterocycles. The average Bonchev–Trinajstić information content (AvgIpc) is 2.74. The third-order valence-electron chi connectivity index (χ3n) is 4.38. The Balaban J connectivity index is 1.80. The zero-order chi connectivity index (χ0) is 22.4. The van der Waals surface area contributed by atoms with Crippen molar-refractivity contribution in [2.45, 2.75) is 20.5 Å². The minimum absolute atomic E-state index is 0.0402. The molecule has 0 heterocycles. The molecule has 31 heavy (non-hydrogen) atoms. The molecule has 0 saturated carbocycles. The second-order valence-electron chi connectivity index (χ2n) is 6.67. The van der Waals surface area contributed by atoms with Crippen LogP contribution in [-0.4, -0.2) is 17.7 Å². The van der Waals surface area contributed by atoms with Gasteiger partial charge in [-0.2, -0.15) is 0 Å². The lowest BCUT2D eigenvalue weighted by Gasteiger charge is -2.14. The van der Waals surface area contributed by atoms with Gasteiger partial charge in [-0.3, -0.25) is 15.1 Å². The first-order valence-corrected chi connectivity index (χ1v) is 10.7. The van der Waals surface area contributed by atoms with Crippen molar-refractivity contribution in [2.24, 2.45) is 4.99 Å². The lowest BCUT2D eigenvalue weighted by molar-refractivity contribution is -0.384. The number of non-ortho nitro benzene ring substituents is 1. The second-order valence-corrected chi connectivity index (χ2v) is 7.93. The van der Waals surface area contributed by atoms with Crippen LogP contribution >= 0.6 is 27.5 Å². The van der Waals surface area contributed by atoms with Gasteiger partial charge in [0.15, 0.2) is 11.5 Å². The van der Waals surface area contributed by atoms with E-state index in [1.807, 2.05) is 44.2 Å². The number of halogens is 2. The van der Waals surface area contributed by atoms with Crippen molar-refractivity contribution in [3.05, 3.63) is 90.9 Å². The maximum Gasteiger partial charge on any atom is 0.269 e. The van der Waals surface area contributed by atoms with Gasteiger partial charge in [-0.15, -0.1) is 0 Å². The van der Waals surface area contributed by atoms with Crippen molar-refractivity contribution < 1.29 is 14.4 Å². The van der Waals surface area contributed by atoms with E-state index in [4.69, 9.17) is 21.1 Å². The van der Waals surface area contributed by atoms with E-state index in [9.17, 15) is 10.1 Å². The fourth-order valence-corrected chi connectivity index (χ4v) is 3.49. The third kappa shape index (κ3) is 6.06. The minimum atomic E-state index is -0.431. The molecule has 0 aromatic heterocycles. The summed E-state index contributed by atoms with van der Waals surface area (Å²) in [6, 6.07) is 15.6. The molecule has 0 unspecified atom stereocenters. The Hall–Kier alpha value is -2.90. The zero-order valence-corrected chi connectivity index (χ0v) is 19.3. The fourth-order valence-electron chi connectivity index (χ4n) is 2.75. The van der Waals surface area contributed by atoms with Crippen LogP contribution < -0.4 is 9.47 Å². The van der Waals surface area contributed by atoms with Crippen molar-refractivity contribution in [1.82, 2.24) is 0 Å². The molecule has 3 aromatic carbocycles. The van der Waals surface area contributed by atoms with Crippen LogP contribution in [0.25, 0.3) is 0 Å². The van der Waals surface area contributed by atoms with Gasteiger partial charge in [-0.05, 0) is 82.9 Å². The Kier molecular flexibility index (Phi) is 7.65. The molecule has 0 bridgehead atoms. The second kappa shape index (κ2) is 10.4. The largest absolute Gasteiger partial charge is 0.490 e. The van der Waals surface area contributed by atoms with Gasteiger partial charge in [0.2, 0.25) is 0 Å². The maximum atomic E-state index is 10.8. The van der Waals surface area contributed by atoms with E-state index in [0.717, 1.165) is 22.4 Å². The van der Waals surface area contributed by atoms with Crippen molar-refractivity contribution >= 4 is 45.1 Å². The molecule has 0 saturated heterocycles. The van der Waals surface area contributed by atoms with Gasteiger partial charge in [0.25, 0.3) is 5.69 Å². The Bertz CT molecular complexity index is 1120. The van der Waals surface area contributed by atoms with E-state index >= 15 is 0 Å². The average molecular weight is 504 g/mol. The summed E-state index contributed by atoms with van der Waals surface area (Å²) in [7, 11) is 0. The number of benzene rings is 3. The van der Waals surface area contributed by atoms with Crippen molar-refractivity contribution in [1.29, 1.82) is 0 Å². The highest BCUT2D eigenvalue weighted by Crippen LogP contribution is 2.37. The molecule has 8 heteroatoms. The van der Waals surface area contributed by atoms with Crippen LogP contribution in [-0.2, 0) is 6.61 Å². The molecule has 0 spiro atoms. The van der Waals surface area contributed by atoms with Crippen LogP contribution in [0.4, 0.5) is 11.4 Å². The van der Waals surface area contributed by atoms with Crippen molar-refractivity contribution in [3.8, 4) is 11.5 Å². The van der Waals surface area contributed by atoms with Crippen LogP contribution in [0.15, 0.2) is 64.1 Å². The van der Waals surface area contributed by atoms with E-state index in [2.05, 4.69) is 20.9 Å². The molecule has 3 rings (SSSR count). The van der Waals surface area contributed by atoms with E-state index in [1.165, 1.54) is 12.1 Å². The molecule has 0 radical (unpaired) electrons. The van der Waals surface area contributed by atoms with Gasteiger partial charge in [0.05, 0.1) is 21.7 Å². The quantitative estimate of drug-likeness (QED) is 0.188. The standard InChI is InChI=1S/C23H20BrClN2O4/c1-3-30-22-11-17(13-26-18-7-4-15(2)21(25)12-18)10-20(24)23(22)31-14-16-5-8-19(9-6-16)27(28)29/h4-13H,3,14H2,1-2H3. The van der Waals surface area contributed by atoms with Crippen LogP contribution in [0.1, 0.15) is 23.6 Å². The van der Waals surface area contributed by atoms with Gasteiger partial charge in [-0.25, -0.2) is 0 Å². The first kappa shape index (κ1) is 22.8. The highest BCUT2D eigenvalue weighted by atomic mass is 79.9. The Morgan fingerprint density at radius 2 is 1.87 bits per heavy atom. The molecule has 3 aromatic rings. The van der Waals surface area contributed by atoms with Gasteiger partial charge >= 0.3 is 0 Å². The number of rotatable bonds is 8. The van der Waals surface area contributed by atoms with Crippen LogP contribution in [0.2, 0.25) is 5.02 Å². The highest BCUT2D eigenvalue weighted by molar-refractivity contribution is 9.10. The summed E-state index contributed by atoms with van der Waals surface area (Å²) >= 11 is 9.71. The lowest BCUT2D eigenvalue weighted by Crippen LogP contribution is -2.01. The maximum absolute atomic E-state index is 10.8. The molecular formula is C23H20BrClN2O4. The summed E-state index contributed by atoms with van der Waals surface area (Å²) in [5.41, 5.74) is 3.43. The number of nitrogens with zero attached hydrogens (tertiary/aromatic N) is 2. The molecular weight excluding hydrogens is 484 g/mol. The van der Waals surface area contributed by atoms with E-state index < -0.39 is 4.92 Å². The van der Waals surface area contributed by atoms with Crippen molar-refractivity contribution in [2.75, 3.05) is 6.61 Å². The summed E-state index contributed by atoms with van der Waals surface area (Å²) in [5.74, 6) is 1.12. The molecule has 0 fully saturated rings. The first-order valence-electron chi connectivity index (χ1n) is 9.50. The SMILES string of the molecule is CCOc1cc(C=Nc2ccc(C)c(Cl)c2)cc(Br)c1OCc1ccc([N+](=O)[O-])cc1. The molecule has 0 aliphatic carbocycles. The smallest absolute Gasteiger partial charge is 0.269 e. The molecule has 0 N–H and O–H groups in total. The van der Waals surface area contributed by atoms with E-state index in [-0.39, 0.29) is 12.3 Å². The number of ether oxygens (including phenoxy) is 2. The Morgan fingerprint density at radius 1 is 1.13 bits per heavy atom. The van der Waals surface area contributed by atoms with Crippen LogP contribution in [0.3, 0.4) is 0 Å². The predicted molar refractivity (Wildman–Crippen MR) is 126 cm³/mol. The molecule has 6 nitrogen and oxygen atoms in total. The fraction of sp³-hybridized carbons (Fsp3) is 0.174. The Morgan fingerprint density at radius 3 is 2.52 bits per heavy atom. The first-order chi connectivity index (χ1) is 14.9. The molecule has 0 aliphatic rings. The summed E-state index contributed by atoms with van der Waals surface area (Å²) in [4.78, 5) is 14.8. The van der Waals surface area contributed by atoms with Gasteiger partial charge < -0.3 is 9.47 Å². The summed E-state index contributed by atoms with van der Waals surface area (Å²) < 4.78 is 12.4. The topological polar surface area (TPSA) is 74.0 Å². The zero-order valence-electron chi connectivity index (χ0n) is 17.0. The third-order valence-corrected chi connectivity index (χ3v) is 5.38. The number of hydrogen-bond donors (Lipinski definition) is 0. The van der Waals surface area contributed by atoms with Gasteiger partial charge in [-0.1, -0.05) is 17.7 Å². The number of aliphatic imine (C=N–C) groups is 1. The predicted octanol–water partition coefficient (Wildman–Crippen LogP) is 7.05. The van der Waals surface area contributed by atoms with E-state index in [0.29, 0.717) is 27.6 Å². The summed E-state index contributed by atoms with van der Waals surface area (Å²) in [6.45, 7) is 4.54. The number of hydrogen-bond acceptors (Lipinski definition) is 5. The lowest BCUT2D eigenvalue weighted by atomic mass is 10.2. The minimum Gasteiger partial charge on any atom is -0.490 e. The normalized spacial score (nSPS) is 11.0. The van der Waals surface area contributed by atoms with Crippen LogP contribution in [0.5, 0.6) is 11.5 Å². The number of aryl methyl sites for hydroxylation is 1. The van der Waals surface area contributed by atoms with Gasteiger partial charge in [0.1, 0.15) is 6.61 Å². The molecule has 0 atom stereocenters. The number of nitro groups is 1. The van der Waals surface area contributed by atoms with Crippen LogP contribution in [0, 0.1) is 17.0 Å². The summed E-state index contributed by atoms with van der Waals surface area (Å²) in [6.07, 6.45) is 1.73. The monoisotopic (exact) mass is 502 g/mol. The van der Waals surface area contributed by atoms with Crippen molar-refractivity contribution in [3.63, 3.8) is 0 Å². The highest BCUT2D eigenvalue weighted by Gasteiger charge is 2.13. The molecule has 0 amide bonds. The Labute approximate surface area is 193 Å². The van der Waals surface area contributed by atoms with Gasteiger partial charge in [0, 0.05) is 23.4 Å².